The molecule has 156 valence electrons. The lowest BCUT2D eigenvalue weighted by Crippen LogP contribution is -2.38. The van der Waals surface area contributed by atoms with Gasteiger partial charge >= 0.3 is 0 Å². The van der Waals surface area contributed by atoms with E-state index in [4.69, 9.17) is 9.25 Å². The van der Waals surface area contributed by atoms with Gasteiger partial charge in [0.05, 0.1) is 19.1 Å². The molecule has 0 aliphatic heterocycles. The van der Waals surface area contributed by atoms with Gasteiger partial charge in [-0.2, -0.15) is 4.31 Å². The zero-order valence-electron chi connectivity index (χ0n) is 16.4. The van der Waals surface area contributed by atoms with E-state index in [0.717, 1.165) is 32.8 Å². The van der Waals surface area contributed by atoms with E-state index >= 15 is 0 Å². The van der Waals surface area contributed by atoms with Crippen molar-refractivity contribution in [2.24, 2.45) is 5.16 Å². The molecule has 0 amide bonds. The Balaban J connectivity index is 1.45. The largest absolute Gasteiger partial charge is 0.468 e. The molecule has 7 nitrogen and oxygen atoms in total. The SMILES string of the molecule is CS(=O)(=O)N(Cc1ccco1)CC(O)CON=C1c2ccccc2-c2ccccc21. The van der Waals surface area contributed by atoms with Gasteiger partial charge in [0.25, 0.3) is 0 Å². The predicted octanol–water partition coefficient (Wildman–Crippen LogP) is 2.85. The van der Waals surface area contributed by atoms with E-state index in [1.165, 1.54) is 6.26 Å². The van der Waals surface area contributed by atoms with E-state index in [0.29, 0.717) is 11.5 Å². The number of hydrogen-bond donors (Lipinski definition) is 1. The van der Waals surface area contributed by atoms with Gasteiger partial charge in [-0.3, -0.25) is 0 Å². The van der Waals surface area contributed by atoms with Crippen LogP contribution in [-0.2, 0) is 21.4 Å². The number of aliphatic hydroxyl groups excluding tert-OH is 1. The molecule has 8 heteroatoms. The summed E-state index contributed by atoms with van der Waals surface area (Å²) < 4.78 is 30.5. The topological polar surface area (TPSA) is 92.3 Å². The van der Waals surface area contributed by atoms with E-state index in [2.05, 4.69) is 5.16 Å². The molecule has 1 aliphatic rings. The van der Waals surface area contributed by atoms with Crippen molar-refractivity contribution in [3.8, 4) is 11.1 Å². The Hall–Kier alpha value is -2.94. The van der Waals surface area contributed by atoms with Crippen molar-refractivity contribution in [2.45, 2.75) is 12.6 Å². The molecular formula is C22H22N2O5S. The van der Waals surface area contributed by atoms with Crippen LogP contribution in [0.15, 0.2) is 76.5 Å². The number of rotatable bonds is 8. The highest BCUT2D eigenvalue weighted by molar-refractivity contribution is 7.88. The van der Waals surface area contributed by atoms with E-state index in [9.17, 15) is 13.5 Å². The van der Waals surface area contributed by atoms with Crippen molar-refractivity contribution in [3.05, 3.63) is 83.8 Å². The molecule has 0 saturated heterocycles. The minimum Gasteiger partial charge on any atom is -0.468 e. The minimum atomic E-state index is -3.53. The number of sulfonamides is 1. The molecule has 0 bridgehead atoms. The van der Waals surface area contributed by atoms with Crippen LogP contribution < -0.4 is 0 Å². The van der Waals surface area contributed by atoms with Gasteiger partial charge in [0.2, 0.25) is 10.0 Å². The Labute approximate surface area is 175 Å². The van der Waals surface area contributed by atoms with Crippen LogP contribution in [0.25, 0.3) is 11.1 Å². The highest BCUT2D eigenvalue weighted by atomic mass is 32.2. The Morgan fingerprint density at radius 2 is 1.60 bits per heavy atom. The van der Waals surface area contributed by atoms with Crippen LogP contribution in [0.3, 0.4) is 0 Å². The summed E-state index contributed by atoms with van der Waals surface area (Å²) in [6.45, 7) is -0.228. The molecule has 0 spiro atoms. The van der Waals surface area contributed by atoms with E-state index < -0.39 is 16.1 Å². The Morgan fingerprint density at radius 3 is 2.13 bits per heavy atom. The average Bonchev–Trinajstić information content (AvgIpc) is 3.34. The minimum absolute atomic E-state index is 0.0398. The quantitative estimate of drug-likeness (QED) is 0.438. The van der Waals surface area contributed by atoms with Crippen LogP contribution in [0.4, 0.5) is 0 Å². The molecule has 4 rings (SSSR count). The lowest BCUT2D eigenvalue weighted by molar-refractivity contribution is 0.0297. The average molecular weight is 426 g/mol. The van der Waals surface area contributed by atoms with Crippen molar-refractivity contribution < 1.29 is 22.8 Å². The first kappa shape index (κ1) is 20.3. The number of aliphatic hydroxyl groups is 1. The van der Waals surface area contributed by atoms with Crippen LogP contribution in [0.2, 0.25) is 0 Å². The monoisotopic (exact) mass is 426 g/mol. The summed E-state index contributed by atoms with van der Waals surface area (Å²) in [5.74, 6) is 0.493. The normalized spacial score (nSPS) is 13.8. The van der Waals surface area contributed by atoms with Gasteiger partial charge in [0.15, 0.2) is 0 Å². The number of oxime groups is 1. The second-order valence-electron chi connectivity index (χ2n) is 7.12. The maximum atomic E-state index is 12.1. The van der Waals surface area contributed by atoms with Crippen molar-refractivity contribution >= 4 is 15.7 Å². The molecule has 1 aromatic heterocycles. The molecule has 1 N–H and O–H groups in total. The molecule has 1 heterocycles. The molecule has 1 aliphatic carbocycles. The van der Waals surface area contributed by atoms with Crippen molar-refractivity contribution in [2.75, 3.05) is 19.4 Å². The fourth-order valence-corrected chi connectivity index (χ4v) is 4.27. The number of nitrogens with zero attached hydrogens (tertiary/aromatic N) is 2. The summed E-state index contributed by atoms with van der Waals surface area (Å²) in [5.41, 5.74) is 4.78. The molecule has 1 unspecified atom stereocenters. The van der Waals surface area contributed by atoms with Crippen LogP contribution >= 0.6 is 0 Å². The first-order chi connectivity index (χ1) is 14.4. The Bertz CT molecular complexity index is 1110. The van der Waals surface area contributed by atoms with Crippen LogP contribution in [0, 0.1) is 0 Å². The summed E-state index contributed by atoms with van der Waals surface area (Å²) in [6, 6.07) is 19.2. The second-order valence-corrected chi connectivity index (χ2v) is 9.10. The molecule has 0 fully saturated rings. The number of hydrogen-bond acceptors (Lipinski definition) is 6. The van der Waals surface area contributed by atoms with Gasteiger partial charge in [0, 0.05) is 17.7 Å². The van der Waals surface area contributed by atoms with Crippen molar-refractivity contribution in [1.82, 2.24) is 4.31 Å². The molecule has 2 aromatic carbocycles. The summed E-state index contributed by atoms with van der Waals surface area (Å²) in [6.07, 6.45) is 1.52. The number of fused-ring (bicyclic) bond motifs is 3. The van der Waals surface area contributed by atoms with Crippen molar-refractivity contribution in [3.63, 3.8) is 0 Å². The van der Waals surface area contributed by atoms with E-state index in [1.54, 1.807) is 12.1 Å². The summed E-state index contributed by atoms with van der Waals surface area (Å²) in [4.78, 5) is 5.43. The fraction of sp³-hybridized carbons (Fsp3) is 0.227. The smallest absolute Gasteiger partial charge is 0.211 e. The molecule has 1 atom stereocenters. The summed E-state index contributed by atoms with van der Waals surface area (Å²) >= 11 is 0. The zero-order chi connectivity index (χ0) is 21.1. The zero-order valence-corrected chi connectivity index (χ0v) is 17.2. The first-order valence-corrected chi connectivity index (χ1v) is 11.3. The predicted molar refractivity (Wildman–Crippen MR) is 113 cm³/mol. The third-order valence-electron chi connectivity index (χ3n) is 4.87. The van der Waals surface area contributed by atoms with E-state index in [-0.39, 0.29) is 19.7 Å². The lowest BCUT2D eigenvalue weighted by atomic mass is 10.1. The standard InChI is InChI=1S/C22H22N2O5S/c1-30(26,27)24(14-17-7-6-12-28-17)13-16(25)15-29-23-22-20-10-4-2-8-18(20)19-9-3-5-11-21(19)22/h2-12,16,25H,13-15H2,1H3. The van der Waals surface area contributed by atoms with Gasteiger partial charge in [-0.05, 0) is 23.3 Å². The van der Waals surface area contributed by atoms with Gasteiger partial charge in [-0.25, -0.2) is 8.42 Å². The Kier molecular flexibility index (Phi) is 5.72. The van der Waals surface area contributed by atoms with Crippen LogP contribution in [0.5, 0.6) is 0 Å². The first-order valence-electron chi connectivity index (χ1n) is 9.48. The molecule has 3 aromatic rings. The van der Waals surface area contributed by atoms with Gasteiger partial charge < -0.3 is 14.4 Å². The van der Waals surface area contributed by atoms with Crippen molar-refractivity contribution in [1.29, 1.82) is 0 Å². The fourth-order valence-electron chi connectivity index (χ4n) is 3.46. The molecule has 30 heavy (non-hydrogen) atoms. The maximum absolute atomic E-state index is 12.1. The summed E-state index contributed by atoms with van der Waals surface area (Å²) in [7, 11) is -3.53. The molecule has 0 radical (unpaired) electrons. The van der Waals surface area contributed by atoms with E-state index in [1.807, 2.05) is 48.5 Å². The van der Waals surface area contributed by atoms with Crippen LogP contribution in [-0.4, -0.2) is 49.1 Å². The maximum Gasteiger partial charge on any atom is 0.211 e. The molecular weight excluding hydrogens is 404 g/mol. The van der Waals surface area contributed by atoms with Crippen LogP contribution in [0.1, 0.15) is 16.9 Å². The van der Waals surface area contributed by atoms with Gasteiger partial charge in [0.1, 0.15) is 24.2 Å². The van der Waals surface area contributed by atoms with Gasteiger partial charge in [-0.15, -0.1) is 0 Å². The summed E-state index contributed by atoms with van der Waals surface area (Å²) in [5, 5.41) is 14.6. The molecule has 0 saturated carbocycles. The third-order valence-corrected chi connectivity index (χ3v) is 6.09. The highest BCUT2D eigenvalue weighted by Gasteiger charge is 2.25. The lowest BCUT2D eigenvalue weighted by Gasteiger charge is -2.21. The number of benzene rings is 2. The second kappa shape index (κ2) is 8.43. The van der Waals surface area contributed by atoms with Gasteiger partial charge in [-0.1, -0.05) is 53.7 Å². The Morgan fingerprint density at radius 1 is 1.00 bits per heavy atom. The third kappa shape index (κ3) is 4.30. The number of furan rings is 1. The highest BCUT2D eigenvalue weighted by Crippen LogP contribution is 2.36.